The molecular weight excluding hydrogens is 277 g/mol. The topological polar surface area (TPSA) is 64.6 Å². The predicted octanol–water partition coefficient (Wildman–Crippen LogP) is 1.57. The molecular formula is C15H20FNO4. The second-order valence-electron chi connectivity index (χ2n) is 4.38. The van der Waals surface area contributed by atoms with Gasteiger partial charge in [-0.3, -0.25) is 9.59 Å². The average Bonchev–Trinajstić information content (AvgIpc) is 2.47. The molecule has 0 amide bonds. The maximum Gasteiger partial charge on any atom is 0.307 e. The number of methoxy groups -OCH3 is 1. The molecule has 1 atom stereocenters. The van der Waals surface area contributed by atoms with E-state index in [0.717, 1.165) is 0 Å². The Morgan fingerprint density at radius 1 is 1.29 bits per heavy atom. The van der Waals surface area contributed by atoms with Crippen molar-refractivity contribution in [3.63, 3.8) is 0 Å². The van der Waals surface area contributed by atoms with Crippen molar-refractivity contribution in [1.29, 1.82) is 0 Å². The highest BCUT2D eigenvalue weighted by Crippen LogP contribution is 2.09. The van der Waals surface area contributed by atoms with Crippen LogP contribution in [0.2, 0.25) is 0 Å². The lowest BCUT2D eigenvalue weighted by Gasteiger charge is -2.17. The van der Waals surface area contributed by atoms with Gasteiger partial charge in [-0.1, -0.05) is 0 Å². The molecule has 0 spiro atoms. The van der Waals surface area contributed by atoms with E-state index in [2.05, 4.69) is 5.32 Å². The summed E-state index contributed by atoms with van der Waals surface area (Å²) in [6.07, 6.45) is -0.0756. The number of hydrogen-bond donors (Lipinski definition) is 1. The summed E-state index contributed by atoms with van der Waals surface area (Å²) >= 11 is 0. The third kappa shape index (κ3) is 6.01. The molecule has 0 radical (unpaired) electrons. The molecule has 0 saturated heterocycles. The Balaban J connectivity index is 2.75. The fraction of sp³-hybridized carbons (Fsp3) is 0.467. The van der Waals surface area contributed by atoms with Crippen LogP contribution in [0, 0.1) is 5.82 Å². The normalized spacial score (nSPS) is 12.0. The van der Waals surface area contributed by atoms with Crippen LogP contribution in [0.3, 0.4) is 0 Å². The van der Waals surface area contributed by atoms with Crippen LogP contribution < -0.4 is 5.32 Å². The molecule has 1 N–H and O–H groups in total. The van der Waals surface area contributed by atoms with Gasteiger partial charge >= 0.3 is 5.97 Å². The molecule has 0 aliphatic heterocycles. The Morgan fingerprint density at radius 3 is 2.52 bits per heavy atom. The van der Waals surface area contributed by atoms with Crippen molar-refractivity contribution in [2.75, 3.05) is 26.9 Å². The van der Waals surface area contributed by atoms with Gasteiger partial charge < -0.3 is 14.8 Å². The van der Waals surface area contributed by atoms with Gasteiger partial charge in [-0.15, -0.1) is 0 Å². The molecule has 0 saturated carbocycles. The third-order valence-electron chi connectivity index (χ3n) is 2.82. The molecule has 1 aromatic rings. The molecule has 5 nitrogen and oxygen atoms in total. The Labute approximate surface area is 123 Å². The van der Waals surface area contributed by atoms with E-state index >= 15 is 0 Å². The third-order valence-corrected chi connectivity index (χ3v) is 2.82. The smallest absolute Gasteiger partial charge is 0.307 e. The molecule has 0 aromatic heterocycles. The van der Waals surface area contributed by atoms with Crippen LogP contribution in [-0.2, 0) is 14.3 Å². The zero-order chi connectivity index (χ0) is 15.7. The highest BCUT2D eigenvalue weighted by atomic mass is 19.1. The first kappa shape index (κ1) is 17.3. The van der Waals surface area contributed by atoms with Crippen LogP contribution in [-0.4, -0.2) is 44.7 Å². The van der Waals surface area contributed by atoms with Crippen LogP contribution in [0.1, 0.15) is 23.7 Å². The van der Waals surface area contributed by atoms with E-state index in [1.165, 1.54) is 24.3 Å². The van der Waals surface area contributed by atoms with Crippen LogP contribution in [0.5, 0.6) is 0 Å². The maximum atomic E-state index is 12.9. The number of carbonyl (C=O) groups excluding carboxylic acids is 2. The van der Waals surface area contributed by atoms with Crippen LogP contribution in [0.15, 0.2) is 24.3 Å². The SMILES string of the molecule is CCOC(=O)CC(NCCOC)C(=O)c1ccc(F)cc1. The molecule has 1 unspecified atom stereocenters. The van der Waals surface area contributed by atoms with E-state index in [1.807, 2.05) is 0 Å². The van der Waals surface area contributed by atoms with Crippen molar-refractivity contribution in [1.82, 2.24) is 5.32 Å². The standard InChI is InChI=1S/C15H20FNO4/c1-3-21-14(18)10-13(17-8-9-20-2)15(19)11-4-6-12(16)7-5-11/h4-7,13,17H,3,8-10H2,1-2H3. The molecule has 21 heavy (non-hydrogen) atoms. The summed E-state index contributed by atoms with van der Waals surface area (Å²) in [6.45, 7) is 2.80. The summed E-state index contributed by atoms with van der Waals surface area (Å²) in [5, 5.41) is 2.95. The Morgan fingerprint density at radius 2 is 1.95 bits per heavy atom. The van der Waals surface area contributed by atoms with Gasteiger partial charge in [0.15, 0.2) is 5.78 Å². The number of halogens is 1. The fourth-order valence-corrected chi connectivity index (χ4v) is 1.79. The number of nitrogens with one attached hydrogen (secondary N) is 1. The molecule has 0 heterocycles. The largest absolute Gasteiger partial charge is 0.466 e. The number of hydrogen-bond acceptors (Lipinski definition) is 5. The van der Waals surface area contributed by atoms with Gasteiger partial charge in [-0.05, 0) is 31.2 Å². The molecule has 0 aliphatic carbocycles. The fourth-order valence-electron chi connectivity index (χ4n) is 1.79. The van der Waals surface area contributed by atoms with E-state index < -0.39 is 17.8 Å². The number of esters is 1. The van der Waals surface area contributed by atoms with E-state index in [4.69, 9.17) is 9.47 Å². The number of rotatable bonds is 9. The number of carbonyl (C=O) groups is 2. The Hall–Kier alpha value is -1.79. The summed E-state index contributed by atoms with van der Waals surface area (Å²) in [5.74, 6) is -1.15. The molecule has 0 bridgehead atoms. The highest BCUT2D eigenvalue weighted by molar-refractivity contribution is 6.01. The van der Waals surface area contributed by atoms with Crippen LogP contribution >= 0.6 is 0 Å². The Kier molecular flexibility index (Phi) is 7.56. The minimum atomic E-state index is -0.718. The van der Waals surface area contributed by atoms with E-state index in [1.54, 1.807) is 14.0 Å². The van der Waals surface area contributed by atoms with Crippen LogP contribution in [0.25, 0.3) is 0 Å². The van der Waals surface area contributed by atoms with E-state index in [9.17, 15) is 14.0 Å². The Bertz CT molecular complexity index is 461. The lowest BCUT2D eigenvalue weighted by atomic mass is 10.0. The lowest BCUT2D eigenvalue weighted by molar-refractivity contribution is -0.143. The zero-order valence-corrected chi connectivity index (χ0v) is 12.2. The van der Waals surface area contributed by atoms with Crippen LogP contribution in [0.4, 0.5) is 4.39 Å². The van der Waals surface area contributed by atoms with Gasteiger partial charge in [0.25, 0.3) is 0 Å². The number of ether oxygens (including phenoxy) is 2. The first-order valence-electron chi connectivity index (χ1n) is 6.76. The quantitative estimate of drug-likeness (QED) is 0.426. The molecule has 116 valence electrons. The predicted molar refractivity (Wildman–Crippen MR) is 75.6 cm³/mol. The van der Waals surface area contributed by atoms with Gasteiger partial charge in [-0.2, -0.15) is 0 Å². The summed E-state index contributed by atoms with van der Waals surface area (Å²) in [7, 11) is 1.55. The van der Waals surface area contributed by atoms with Gasteiger partial charge in [-0.25, -0.2) is 4.39 Å². The summed E-state index contributed by atoms with van der Waals surface area (Å²) in [5.41, 5.74) is 0.343. The maximum absolute atomic E-state index is 12.9. The van der Waals surface area contributed by atoms with Crippen molar-refractivity contribution >= 4 is 11.8 Å². The van der Waals surface area contributed by atoms with Gasteiger partial charge in [0, 0.05) is 19.2 Å². The van der Waals surface area contributed by atoms with Crippen molar-refractivity contribution in [3.8, 4) is 0 Å². The average molecular weight is 297 g/mol. The van der Waals surface area contributed by atoms with Gasteiger partial charge in [0.05, 0.1) is 25.7 Å². The minimum absolute atomic E-state index is 0.0756. The van der Waals surface area contributed by atoms with Crippen molar-refractivity contribution < 1.29 is 23.5 Å². The molecule has 1 rings (SSSR count). The summed E-state index contributed by atoms with van der Waals surface area (Å²) in [6, 6.07) is 4.50. The van der Waals surface area contributed by atoms with Crippen molar-refractivity contribution in [3.05, 3.63) is 35.6 Å². The summed E-state index contributed by atoms with van der Waals surface area (Å²) < 4.78 is 22.7. The number of ketones is 1. The van der Waals surface area contributed by atoms with Crippen molar-refractivity contribution in [2.24, 2.45) is 0 Å². The number of benzene rings is 1. The second kappa shape index (κ2) is 9.20. The van der Waals surface area contributed by atoms with Gasteiger partial charge in [0.1, 0.15) is 5.82 Å². The van der Waals surface area contributed by atoms with E-state index in [0.29, 0.717) is 18.7 Å². The van der Waals surface area contributed by atoms with Crippen molar-refractivity contribution in [2.45, 2.75) is 19.4 Å². The molecule has 0 aliphatic rings. The summed E-state index contributed by atoms with van der Waals surface area (Å²) in [4.78, 5) is 23.9. The monoisotopic (exact) mass is 297 g/mol. The minimum Gasteiger partial charge on any atom is -0.466 e. The molecule has 0 fully saturated rings. The highest BCUT2D eigenvalue weighted by Gasteiger charge is 2.23. The first-order valence-corrected chi connectivity index (χ1v) is 6.76. The van der Waals surface area contributed by atoms with Gasteiger partial charge in [0.2, 0.25) is 0 Å². The number of Topliss-reactive ketones (excluding diaryl/α,β-unsaturated/α-hetero) is 1. The molecule has 1 aromatic carbocycles. The van der Waals surface area contributed by atoms with E-state index in [-0.39, 0.29) is 18.8 Å². The lowest BCUT2D eigenvalue weighted by Crippen LogP contribution is -2.40. The zero-order valence-electron chi connectivity index (χ0n) is 12.2. The molecule has 6 heteroatoms. The first-order chi connectivity index (χ1) is 10.1. The second-order valence-corrected chi connectivity index (χ2v) is 4.38.